The van der Waals surface area contributed by atoms with Gasteiger partial charge >= 0.3 is 0 Å². The minimum Gasteiger partial charge on any atom is -0.368 e. The number of rotatable bonds is 6. The van der Waals surface area contributed by atoms with Crippen LogP contribution in [-0.2, 0) is 16.0 Å². The van der Waals surface area contributed by atoms with Crippen LogP contribution < -0.4 is 10.6 Å². The van der Waals surface area contributed by atoms with Crippen LogP contribution in [0.5, 0.6) is 0 Å². The van der Waals surface area contributed by atoms with Gasteiger partial charge in [-0.1, -0.05) is 35.1 Å². The lowest BCUT2D eigenvalue weighted by Gasteiger charge is -2.07. The lowest BCUT2D eigenvalue weighted by atomic mass is 10.2. The summed E-state index contributed by atoms with van der Waals surface area (Å²) >= 11 is 7.27. The molecule has 2 heterocycles. The van der Waals surface area contributed by atoms with E-state index in [2.05, 4.69) is 20.8 Å². The molecule has 1 fully saturated rings. The van der Waals surface area contributed by atoms with Gasteiger partial charge in [0.15, 0.2) is 0 Å². The van der Waals surface area contributed by atoms with Gasteiger partial charge in [-0.15, -0.1) is 10.2 Å². The van der Waals surface area contributed by atoms with Crippen molar-refractivity contribution in [2.45, 2.75) is 25.4 Å². The Morgan fingerprint density at radius 3 is 2.92 bits per heavy atom. The molecule has 1 saturated heterocycles. The maximum Gasteiger partial charge on any atom is 0.255 e. The van der Waals surface area contributed by atoms with Gasteiger partial charge in [0.05, 0.1) is 10.6 Å². The summed E-state index contributed by atoms with van der Waals surface area (Å²) in [5.41, 5.74) is 0.436. The lowest BCUT2D eigenvalue weighted by molar-refractivity contribution is -0.124. The molecule has 1 unspecified atom stereocenters. The number of carbonyl (C=O) groups excluding carboxylic acids is 2. The molecular weight excluding hydrogens is 364 g/mol. The second-order valence-electron chi connectivity index (χ2n) is 5.48. The van der Waals surface area contributed by atoms with Gasteiger partial charge in [0, 0.05) is 19.6 Å². The topological polar surface area (TPSA) is 93.2 Å². The number of nitrogens with zero attached hydrogens (tertiary/aromatic N) is 2. The summed E-state index contributed by atoms with van der Waals surface area (Å²) in [6, 6.07) is 6.87. The molecule has 2 amide bonds. The maximum atomic E-state index is 12.1. The van der Waals surface area contributed by atoms with Gasteiger partial charge < -0.3 is 10.1 Å². The third-order valence-corrected chi connectivity index (χ3v) is 4.89. The van der Waals surface area contributed by atoms with Crippen LogP contribution >= 0.6 is 22.9 Å². The number of ether oxygens (including phenoxy) is 1. The van der Waals surface area contributed by atoms with E-state index in [0.29, 0.717) is 35.3 Å². The number of halogens is 1. The fourth-order valence-electron chi connectivity index (χ4n) is 2.40. The number of nitrogens with one attached hydrogen (secondary N) is 2. The highest BCUT2D eigenvalue weighted by Gasteiger charge is 2.24. The largest absolute Gasteiger partial charge is 0.368 e. The maximum absolute atomic E-state index is 12.1. The molecule has 1 aliphatic rings. The lowest BCUT2D eigenvalue weighted by Crippen LogP contribution is -2.26. The van der Waals surface area contributed by atoms with Crippen LogP contribution in [0.15, 0.2) is 24.3 Å². The monoisotopic (exact) mass is 380 g/mol. The Morgan fingerprint density at radius 1 is 1.32 bits per heavy atom. The summed E-state index contributed by atoms with van der Waals surface area (Å²) in [5.74, 6) is -0.422. The summed E-state index contributed by atoms with van der Waals surface area (Å²) < 4.78 is 5.32. The van der Waals surface area contributed by atoms with Crippen molar-refractivity contribution in [1.29, 1.82) is 0 Å². The quantitative estimate of drug-likeness (QED) is 0.801. The third kappa shape index (κ3) is 4.75. The van der Waals surface area contributed by atoms with Gasteiger partial charge in [-0.3, -0.25) is 14.9 Å². The van der Waals surface area contributed by atoms with Crippen LogP contribution in [0.4, 0.5) is 5.13 Å². The van der Waals surface area contributed by atoms with Crippen molar-refractivity contribution >= 4 is 39.9 Å². The molecule has 25 heavy (non-hydrogen) atoms. The van der Waals surface area contributed by atoms with E-state index in [1.807, 2.05) is 0 Å². The molecule has 9 heteroatoms. The van der Waals surface area contributed by atoms with E-state index in [-0.39, 0.29) is 11.8 Å². The molecule has 1 aliphatic heterocycles. The van der Waals surface area contributed by atoms with Crippen LogP contribution in [0.25, 0.3) is 0 Å². The molecule has 0 radical (unpaired) electrons. The fraction of sp³-hybridized carbons (Fsp3) is 0.375. The molecule has 1 aromatic carbocycles. The van der Waals surface area contributed by atoms with E-state index in [1.54, 1.807) is 24.3 Å². The number of benzene rings is 1. The Bertz CT molecular complexity index is 761. The molecule has 3 rings (SSSR count). The molecule has 1 atom stereocenters. The minimum atomic E-state index is -0.401. The first kappa shape index (κ1) is 17.8. The summed E-state index contributed by atoms with van der Waals surface area (Å²) in [4.78, 5) is 24.0. The fourth-order valence-corrected chi connectivity index (χ4v) is 3.36. The smallest absolute Gasteiger partial charge is 0.255 e. The molecule has 0 saturated carbocycles. The van der Waals surface area contributed by atoms with Crippen molar-refractivity contribution in [2.24, 2.45) is 0 Å². The van der Waals surface area contributed by atoms with E-state index in [9.17, 15) is 9.59 Å². The van der Waals surface area contributed by atoms with E-state index in [1.165, 1.54) is 11.3 Å². The highest BCUT2D eigenvalue weighted by Crippen LogP contribution is 2.19. The molecule has 0 aliphatic carbocycles. The highest BCUT2D eigenvalue weighted by atomic mass is 35.5. The van der Waals surface area contributed by atoms with Gasteiger partial charge in [-0.25, -0.2) is 0 Å². The van der Waals surface area contributed by atoms with Crippen LogP contribution in [0, 0.1) is 0 Å². The first-order chi connectivity index (χ1) is 12.1. The number of amides is 2. The molecule has 7 nitrogen and oxygen atoms in total. The van der Waals surface area contributed by atoms with Gasteiger partial charge in [-0.2, -0.15) is 0 Å². The van der Waals surface area contributed by atoms with Gasteiger partial charge in [0.2, 0.25) is 5.13 Å². The zero-order chi connectivity index (χ0) is 17.6. The zero-order valence-corrected chi connectivity index (χ0v) is 14.9. The zero-order valence-electron chi connectivity index (χ0n) is 13.3. The Morgan fingerprint density at radius 2 is 2.16 bits per heavy atom. The molecule has 0 spiro atoms. The Hall–Kier alpha value is -2.03. The van der Waals surface area contributed by atoms with Crippen LogP contribution in [0.3, 0.4) is 0 Å². The average Bonchev–Trinajstić information content (AvgIpc) is 3.27. The normalized spacial score (nSPS) is 16.6. The summed E-state index contributed by atoms with van der Waals surface area (Å²) in [6.07, 6.45) is 1.74. The van der Waals surface area contributed by atoms with E-state index >= 15 is 0 Å². The van der Waals surface area contributed by atoms with Crippen molar-refractivity contribution in [3.63, 3.8) is 0 Å². The standard InChI is InChI=1S/C16H17ClN4O3S/c17-11-5-2-1-4-10(11)14(22)18-8-7-13-20-21-16(25-13)19-15(23)12-6-3-9-24-12/h1-2,4-5,12H,3,6-9H2,(H,18,22)(H,19,21,23). The third-order valence-electron chi connectivity index (χ3n) is 3.66. The Labute approximate surface area is 153 Å². The van der Waals surface area contributed by atoms with Crippen molar-refractivity contribution < 1.29 is 14.3 Å². The number of carbonyl (C=O) groups is 2. The summed E-state index contributed by atoms with van der Waals surface area (Å²) in [5, 5.41) is 15.0. The predicted molar refractivity (Wildman–Crippen MR) is 95.0 cm³/mol. The summed E-state index contributed by atoms with van der Waals surface area (Å²) in [7, 11) is 0. The number of aromatic nitrogens is 2. The van der Waals surface area contributed by atoms with E-state index in [0.717, 1.165) is 17.8 Å². The molecule has 132 valence electrons. The Kier molecular flexibility index (Phi) is 5.95. The van der Waals surface area contributed by atoms with Gasteiger partial charge in [0.25, 0.3) is 11.8 Å². The van der Waals surface area contributed by atoms with Crippen LogP contribution in [0.1, 0.15) is 28.2 Å². The first-order valence-corrected chi connectivity index (χ1v) is 9.10. The van der Waals surface area contributed by atoms with E-state index < -0.39 is 6.10 Å². The molecule has 2 aromatic rings. The second kappa shape index (κ2) is 8.37. The van der Waals surface area contributed by atoms with Crippen molar-refractivity contribution in [3.05, 3.63) is 39.9 Å². The molecule has 1 aromatic heterocycles. The summed E-state index contributed by atoms with van der Waals surface area (Å²) in [6.45, 7) is 1.02. The van der Waals surface area contributed by atoms with Gasteiger partial charge in [-0.05, 0) is 25.0 Å². The molecule has 0 bridgehead atoms. The first-order valence-electron chi connectivity index (χ1n) is 7.91. The number of hydrogen-bond acceptors (Lipinski definition) is 6. The van der Waals surface area contributed by atoms with Crippen molar-refractivity contribution in [3.8, 4) is 0 Å². The van der Waals surface area contributed by atoms with Crippen LogP contribution in [-0.4, -0.2) is 41.3 Å². The Balaban J connectivity index is 1.46. The number of hydrogen-bond donors (Lipinski definition) is 2. The average molecular weight is 381 g/mol. The molecular formula is C16H17ClN4O3S. The van der Waals surface area contributed by atoms with Gasteiger partial charge in [0.1, 0.15) is 11.1 Å². The predicted octanol–water partition coefficient (Wildman–Crippen LogP) is 2.28. The van der Waals surface area contributed by atoms with E-state index in [4.69, 9.17) is 16.3 Å². The SMILES string of the molecule is O=C(NCCc1nnc(NC(=O)C2CCCO2)s1)c1ccccc1Cl. The second-order valence-corrected chi connectivity index (χ2v) is 6.95. The van der Waals surface area contributed by atoms with Crippen LogP contribution in [0.2, 0.25) is 5.02 Å². The molecule has 2 N–H and O–H groups in total. The van der Waals surface area contributed by atoms with Crippen molar-refractivity contribution in [1.82, 2.24) is 15.5 Å². The minimum absolute atomic E-state index is 0.188. The number of anilines is 1. The van der Waals surface area contributed by atoms with Crippen molar-refractivity contribution in [2.75, 3.05) is 18.5 Å². The highest BCUT2D eigenvalue weighted by molar-refractivity contribution is 7.15.